The number of sulfonamides is 1. The highest BCUT2D eigenvalue weighted by molar-refractivity contribution is 7.92. The van der Waals surface area contributed by atoms with Crippen LogP contribution in [0.25, 0.3) is 0 Å². The second-order valence-electron chi connectivity index (χ2n) is 5.46. The van der Waals surface area contributed by atoms with Gasteiger partial charge in [0, 0.05) is 6.20 Å². The van der Waals surface area contributed by atoms with Gasteiger partial charge in [0.15, 0.2) is 0 Å². The molecule has 0 bridgehead atoms. The lowest BCUT2D eigenvalue weighted by Crippen LogP contribution is -2.12. The van der Waals surface area contributed by atoms with E-state index in [0.717, 1.165) is 5.56 Å². The van der Waals surface area contributed by atoms with Crippen molar-refractivity contribution in [3.8, 4) is 5.75 Å². The molecule has 0 amide bonds. The number of benzene rings is 2. The number of rotatable bonds is 6. The van der Waals surface area contributed by atoms with Crippen molar-refractivity contribution in [2.24, 2.45) is 0 Å². The zero-order chi connectivity index (χ0) is 18.7. The summed E-state index contributed by atoms with van der Waals surface area (Å²) >= 11 is 11.9. The largest absolute Gasteiger partial charge is 0.497 e. The molecule has 2 aromatic carbocycles. The Bertz CT molecular complexity index is 1020. The molecule has 0 unspecified atom stereocenters. The fourth-order valence-corrected chi connectivity index (χ4v) is 3.65. The van der Waals surface area contributed by atoms with E-state index in [1.54, 1.807) is 35.1 Å². The van der Waals surface area contributed by atoms with Gasteiger partial charge in [0.2, 0.25) is 0 Å². The Morgan fingerprint density at radius 2 is 1.85 bits per heavy atom. The van der Waals surface area contributed by atoms with E-state index in [9.17, 15) is 8.42 Å². The molecule has 3 rings (SSSR count). The molecule has 0 radical (unpaired) electrons. The molecule has 1 N–H and O–H groups in total. The molecule has 0 atom stereocenters. The molecule has 0 saturated heterocycles. The molecular formula is C17H15Cl2N3O3S. The first-order valence-electron chi connectivity index (χ1n) is 7.50. The molecule has 0 aliphatic carbocycles. The van der Waals surface area contributed by atoms with Crippen LogP contribution in [0.1, 0.15) is 5.56 Å². The number of halogens is 2. The van der Waals surface area contributed by atoms with Crippen LogP contribution in [0.5, 0.6) is 5.75 Å². The summed E-state index contributed by atoms with van der Waals surface area (Å²) in [7, 11) is -2.19. The van der Waals surface area contributed by atoms with Gasteiger partial charge >= 0.3 is 0 Å². The summed E-state index contributed by atoms with van der Waals surface area (Å²) in [5, 5.41) is 5.09. The minimum atomic E-state index is -3.71. The van der Waals surface area contributed by atoms with Crippen LogP contribution in [0.3, 0.4) is 0 Å². The van der Waals surface area contributed by atoms with Crippen molar-refractivity contribution in [2.45, 2.75) is 11.4 Å². The van der Waals surface area contributed by atoms with Gasteiger partial charge in [-0.2, -0.15) is 5.10 Å². The highest BCUT2D eigenvalue weighted by atomic mass is 35.5. The molecule has 0 fully saturated rings. The maximum Gasteiger partial charge on any atom is 0.261 e. The summed E-state index contributed by atoms with van der Waals surface area (Å²) in [5.41, 5.74) is 1.26. The van der Waals surface area contributed by atoms with Crippen LogP contribution in [0.4, 0.5) is 5.69 Å². The SMILES string of the molecule is COc1ccc(S(=O)(=O)Nc2cnn(Cc3ccc(Cl)c(Cl)c3)c2)cc1. The van der Waals surface area contributed by atoms with E-state index in [1.807, 2.05) is 6.07 Å². The highest BCUT2D eigenvalue weighted by Gasteiger charge is 2.15. The lowest BCUT2D eigenvalue weighted by Gasteiger charge is -2.07. The van der Waals surface area contributed by atoms with Gasteiger partial charge in [0.1, 0.15) is 5.75 Å². The van der Waals surface area contributed by atoms with Gasteiger partial charge in [-0.25, -0.2) is 8.42 Å². The lowest BCUT2D eigenvalue weighted by atomic mass is 10.2. The maximum absolute atomic E-state index is 12.4. The summed E-state index contributed by atoms with van der Waals surface area (Å²) in [4.78, 5) is 0.135. The first-order chi connectivity index (χ1) is 12.4. The van der Waals surface area contributed by atoms with Crippen molar-refractivity contribution < 1.29 is 13.2 Å². The molecule has 26 heavy (non-hydrogen) atoms. The molecule has 0 aliphatic rings. The van der Waals surface area contributed by atoms with E-state index in [0.29, 0.717) is 28.0 Å². The lowest BCUT2D eigenvalue weighted by molar-refractivity contribution is 0.414. The van der Waals surface area contributed by atoms with E-state index >= 15 is 0 Å². The van der Waals surface area contributed by atoms with Crippen LogP contribution in [0.2, 0.25) is 10.0 Å². The average molecular weight is 412 g/mol. The van der Waals surface area contributed by atoms with Crippen molar-refractivity contribution in [3.05, 3.63) is 70.5 Å². The third-order valence-electron chi connectivity index (χ3n) is 3.58. The Hall–Kier alpha value is -2.22. The van der Waals surface area contributed by atoms with E-state index in [1.165, 1.54) is 25.4 Å². The second-order valence-corrected chi connectivity index (χ2v) is 7.95. The predicted octanol–water partition coefficient (Wildman–Crippen LogP) is 4.05. The summed E-state index contributed by atoms with van der Waals surface area (Å²) in [5.74, 6) is 0.582. The van der Waals surface area contributed by atoms with Crippen LogP contribution in [-0.2, 0) is 16.6 Å². The number of aromatic nitrogens is 2. The predicted molar refractivity (Wildman–Crippen MR) is 102 cm³/mol. The Morgan fingerprint density at radius 3 is 2.50 bits per heavy atom. The van der Waals surface area contributed by atoms with Crippen molar-refractivity contribution in [2.75, 3.05) is 11.8 Å². The Balaban J connectivity index is 1.73. The molecule has 0 spiro atoms. The summed E-state index contributed by atoms with van der Waals surface area (Å²) < 4.78 is 34.0. The number of nitrogens with one attached hydrogen (secondary N) is 1. The first-order valence-corrected chi connectivity index (χ1v) is 9.74. The maximum atomic E-state index is 12.4. The number of anilines is 1. The zero-order valence-corrected chi connectivity index (χ0v) is 16.0. The normalized spacial score (nSPS) is 11.3. The fourth-order valence-electron chi connectivity index (χ4n) is 2.30. The van der Waals surface area contributed by atoms with Gasteiger partial charge in [-0.3, -0.25) is 9.40 Å². The van der Waals surface area contributed by atoms with E-state index in [4.69, 9.17) is 27.9 Å². The number of ether oxygens (including phenoxy) is 1. The van der Waals surface area contributed by atoms with E-state index < -0.39 is 10.0 Å². The van der Waals surface area contributed by atoms with Crippen molar-refractivity contribution >= 4 is 38.9 Å². The molecule has 6 nitrogen and oxygen atoms in total. The molecule has 0 aliphatic heterocycles. The molecule has 1 heterocycles. The summed E-state index contributed by atoms with van der Waals surface area (Å²) in [6.45, 7) is 0.432. The highest BCUT2D eigenvalue weighted by Crippen LogP contribution is 2.23. The van der Waals surface area contributed by atoms with Gasteiger partial charge in [-0.1, -0.05) is 29.3 Å². The smallest absolute Gasteiger partial charge is 0.261 e. The van der Waals surface area contributed by atoms with Gasteiger partial charge < -0.3 is 4.74 Å². The van der Waals surface area contributed by atoms with E-state index in [2.05, 4.69) is 9.82 Å². The van der Waals surface area contributed by atoms with Crippen LogP contribution in [0.15, 0.2) is 59.8 Å². The third-order valence-corrected chi connectivity index (χ3v) is 5.72. The van der Waals surface area contributed by atoms with Crippen LogP contribution >= 0.6 is 23.2 Å². The molecule has 9 heteroatoms. The van der Waals surface area contributed by atoms with Crippen molar-refractivity contribution in [1.29, 1.82) is 0 Å². The van der Waals surface area contributed by atoms with Gasteiger partial charge in [-0.15, -0.1) is 0 Å². The van der Waals surface area contributed by atoms with Crippen LogP contribution in [0, 0.1) is 0 Å². The molecule has 1 aromatic heterocycles. The quantitative estimate of drug-likeness (QED) is 0.663. The van der Waals surface area contributed by atoms with Gasteiger partial charge in [0.25, 0.3) is 10.0 Å². The van der Waals surface area contributed by atoms with Crippen molar-refractivity contribution in [1.82, 2.24) is 9.78 Å². The zero-order valence-electron chi connectivity index (χ0n) is 13.7. The number of hydrogen-bond donors (Lipinski definition) is 1. The topological polar surface area (TPSA) is 73.2 Å². The van der Waals surface area contributed by atoms with Crippen LogP contribution in [-0.4, -0.2) is 25.3 Å². The first kappa shape index (κ1) is 18.6. The minimum Gasteiger partial charge on any atom is -0.497 e. The van der Waals surface area contributed by atoms with Gasteiger partial charge in [0.05, 0.1) is 40.5 Å². The monoisotopic (exact) mass is 411 g/mol. The Morgan fingerprint density at radius 1 is 1.12 bits per heavy atom. The summed E-state index contributed by atoms with van der Waals surface area (Å²) in [6, 6.07) is 11.4. The number of nitrogens with zero attached hydrogens (tertiary/aromatic N) is 2. The fraction of sp³-hybridized carbons (Fsp3) is 0.118. The molecule has 0 saturated carbocycles. The van der Waals surface area contributed by atoms with Crippen molar-refractivity contribution in [3.63, 3.8) is 0 Å². The van der Waals surface area contributed by atoms with E-state index in [-0.39, 0.29) is 4.90 Å². The molecule has 136 valence electrons. The van der Waals surface area contributed by atoms with Crippen LogP contribution < -0.4 is 9.46 Å². The van der Waals surface area contributed by atoms with Gasteiger partial charge in [-0.05, 0) is 42.0 Å². The summed E-state index contributed by atoms with van der Waals surface area (Å²) in [6.07, 6.45) is 3.04. The molecular weight excluding hydrogens is 397 g/mol. The number of methoxy groups -OCH3 is 1. The standard InChI is InChI=1S/C17H15Cl2N3O3S/c1-25-14-3-5-15(6-4-14)26(23,24)21-13-9-20-22(11-13)10-12-2-7-16(18)17(19)8-12/h2-9,11,21H,10H2,1H3. The third kappa shape index (κ3) is 4.30. The Kier molecular flexibility index (Phi) is 5.41. The minimum absolute atomic E-state index is 0.135. The second kappa shape index (κ2) is 7.57. The average Bonchev–Trinajstić information content (AvgIpc) is 3.04. The Labute approximate surface area is 161 Å². The molecule has 3 aromatic rings. The number of hydrogen-bond acceptors (Lipinski definition) is 4.